The minimum absolute atomic E-state index is 0.0154. The fourth-order valence-electron chi connectivity index (χ4n) is 3.56. The van der Waals surface area contributed by atoms with Crippen molar-refractivity contribution in [2.75, 3.05) is 17.7 Å². The van der Waals surface area contributed by atoms with E-state index in [9.17, 15) is 15.3 Å². The van der Waals surface area contributed by atoms with Crippen LogP contribution in [0.25, 0.3) is 11.2 Å². The molecule has 10 nitrogen and oxygen atoms in total. The van der Waals surface area contributed by atoms with Crippen LogP contribution < -0.4 is 11.1 Å². The number of anilines is 2. The van der Waals surface area contributed by atoms with Crippen LogP contribution in [0.15, 0.2) is 36.7 Å². The predicted molar refractivity (Wildman–Crippen MR) is 106 cm³/mol. The summed E-state index contributed by atoms with van der Waals surface area (Å²) in [4.78, 5) is 13.1. The smallest absolute Gasteiger partial charge is 0.227 e. The van der Waals surface area contributed by atoms with Crippen LogP contribution >= 0.6 is 0 Å². The topological polar surface area (TPSA) is 152 Å². The number of aromatic nitrogens is 4. The second kappa shape index (κ2) is 7.91. The summed E-state index contributed by atoms with van der Waals surface area (Å²) in [6.45, 7) is 1.64. The summed E-state index contributed by atoms with van der Waals surface area (Å²) in [5.41, 5.74) is 7.89. The molecule has 0 spiro atoms. The molecule has 1 saturated heterocycles. The van der Waals surface area contributed by atoms with Crippen LogP contribution in [0.2, 0.25) is 0 Å². The maximum atomic E-state index is 10.3. The number of rotatable bonds is 6. The molecule has 1 unspecified atom stereocenters. The van der Waals surface area contributed by atoms with Gasteiger partial charge in [0, 0.05) is 0 Å². The minimum Gasteiger partial charge on any atom is -0.394 e. The number of ether oxygens (including phenoxy) is 1. The molecule has 1 aromatic carbocycles. The van der Waals surface area contributed by atoms with Gasteiger partial charge in [-0.15, -0.1) is 0 Å². The maximum Gasteiger partial charge on any atom is 0.227 e. The van der Waals surface area contributed by atoms with E-state index in [0.29, 0.717) is 17.1 Å². The third-order valence-corrected chi connectivity index (χ3v) is 5.15. The highest BCUT2D eigenvalue weighted by Crippen LogP contribution is 2.32. The first kappa shape index (κ1) is 19.5. The highest BCUT2D eigenvalue weighted by molar-refractivity contribution is 5.83. The Morgan fingerprint density at radius 1 is 1.21 bits per heavy atom. The van der Waals surface area contributed by atoms with Gasteiger partial charge in [-0.1, -0.05) is 37.3 Å². The number of nitrogens with one attached hydrogen (secondary N) is 1. The number of nitrogen functional groups attached to an aromatic ring is 1. The molecule has 0 bridgehead atoms. The number of benzene rings is 1. The van der Waals surface area contributed by atoms with E-state index in [1.165, 1.54) is 10.9 Å². The Labute approximate surface area is 167 Å². The minimum atomic E-state index is -1.25. The van der Waals surface area contributed by atoms with Gasteiger partial charge in [-0.05, 0) is 12.0 Å². The summed E-state index contributed by atoms with van der Waals surface area (Å²) in [7, 11) is 0. The van der Waals surface area contributed by atoms with Gasteiger partial charge in [0.2, 0.25) is 5.95 Å². The largest absolute Gasteiger partial charge is 0.394 e. The fourth-order valence-corrected chi connectivity index (χ4v) is 3.56. The van der Waals surface area contributed by atoms with E-state index in [4.69, 9.17) is 10.5 Å². The summed E-state index contributed by atoms with van der Waals surface area (Å²) < 4.78 is 7.08. The molecule has 29 heavy (non-hydrogen) atoms. The fraction of sp³-hybridized carbons (Fsp3) is 0.421. The number of fused-ring (bicyclic) bond motifs is 1. The van der Waals surface area contributed by atoms with Crippen molar-refractivity contribution in [2.45, 2.75) is 43.9 Å². The van der Waals surface area contributed by atoms with Gasteiger partial charge >= 0.3 is 0 Å². The average Bonchev–Trinajstić information content (AvgIpc) is 3.28. The molecule has 154 valence electrons. The molecule has 3 heterocycles. The van der Waals surface area contributed by atoms with Crippen LogP contribution in [0.5, 0.6) is 0 Å². The van der Waals surface area contributed by atoms with Crippen molar-refractivity contribution >= 4 is 22.9 Å². The van der Waals surface area contributed by atoms with Gasteiger partial charge in [0.15, 0.2) is 17.7 Å². The number of aliphatic hydroxyl groups excluding tert-OH is 3. The molecule has 0 aliphatic carbocycles. The lowest BCUT2D eigenvalue weighted by molar-refractivity contribution is -0.0511. The summed E-state index contributed by atoms with van der Waals surface area (Å²) in [5.74, 6) is 0.505. The molecule has 6 N–H and O–H groups in total. The summed E-state index contributed by atoms with van der Waals surface area (Å²) in [6.07, 6.45) is -2.09. The van der Waals surface area contributed by atoms with Crippen molar-refractivity contribution in [1.82, 2.24) is 19.5 Å². The predicted octanol–water partition coefficient (Wildman–Crippen LogP) is 0.583. The molecule has 4 rings (SSSR count). The third kappa shape index (κ3) is 3.51. The lowest BCUT2D eigenvalue weighted by atomic mass is 10.1. The SMILES string of the molecule is CCC(Nc1nc(N)c2ncn([C@@H]3O[C@H](CO)[C@@H](O)[C@H]3O)c2n1)c1ccccc1. The summed E-state index contributed by atoms with van der Waals surface area (Å²) in [5, 5.41) is 33.0. The third-order valence-electron chi connectivity index (χ3n) is 5.15. The molecule has 0 radical (unpaired) electrons. The van der Waals surface area contributed by atoms with Crippen molar-refractivity contribution in [3.8, 4) is 0 Å². The zero-order valence-electron chi connectivity index (χ0n) is 15.9. The van der Waals surface area contributed by atoms with Gasteiger partial charge in [0.05, 0.1) is 19.0 Å². The second-order valence-corrected chi connectivity index (χ2v) is 7.00. The van der Waals surface area contributed by atoms with Gasteiger partial charge < -0.3 is 31.1 Å². The highest BCUT2D eigenvalue weighted by atomic mass is 16.6. The van der Waals surface area contributed by atoms with Gasteiger partial charge in [-0.25, -0.2) is 4.98 Å². The molecule has 5 atom stereocenters. The van der Waals surface area contributed by atoms with E-state index in [2.05, 4.69) is 27.2 Å². The Bertz CT molecular complexity index is 981. The van der Waals surface area contributed by atoms with E-state index < -0.39 is 31.1 Å². The van der Waals surface area contributed by atoms with Gasteiger partial charge in [0.25, 0.3) is 0 Å². The molecule has 1 fully saturated rings. The lowest BCUT2D eigenvalue weighted by Gasteiger charge is -2.19. The van der Waals surface area contributed by atoms with Crippen molar-refractivity contribution in [3.05, 3.63) is 42.2 Å². The van der Waals surface area contributed by atoms with E-state index in [0.717, 1.165) is 12.0 Å². The van der Waals surface area contributed by atoms with Crippen molar-refractivity contribution in [3.63, 3.8) is 0 Å². The van der Waals surface area contributed by atoms with Gasteiger partial charge in [0.1, 0.15) is 23.8 Å². The van der Waals surface area contributed by atoms with Crippen molar-refractivity contribution < 1.29 is 20.1 Å². The Morgan fingerprint density at radius 2 is 1.97 bits per heavy atom. The molecular weight excluding hydrogens is 376 g/mol. The quantitative estimate of drug-likeness (QED) is 0.400. The zero-order chi connectivity index (χ0) is 20.5. The van der Waals surface area contributed by atoms with E-state index in [1.54, 1.807) is 0 Å². The first-order valence-electron chi connectivity index (χ1n) is 9.47. The van der Waals surface area contributed by atoms with Crippen LogP contribution in [-0.2, 0) is 4.74 Å². The monoisotopic (exact) mass is 400 g/mol. The molecule has 0 saturated carbocycles. The average molecular weight is 400 g/mol. The first-order valence-corrected chi connectivity index (χ1v) is 9.47. The maximum absolute atomic E-state index is 10.3. The van der Waals surface area contributed by atoms with Crippen LogP contribution in [-0.4, -0.2) is 59.8 Å². The van der Waals surface area contributed by atoms with E-state index >= 15 is 0 Å². The molecular formula is C19H24N6O4. The Morgan fingerprint density at radius 3 is 2.62 bits per heavy atom. The molecule has 0 amide bonds. The van der Waals surface area contributed by atoms with Crippen molar-refractivity contribution in [2.24, 2.45) is 0 Å². The molecule has 1 aliphatic heterocycles. The van der Waals surface area contributed by atoms with Gasteiger partial charge in [-0.3, -0.25) is 4.57 Å². The number of hydrogen-bond donors (Lipinski definition) is 5. The number of nitrogens with two attached hydrogens (primary N) is 1. The van der Waals surface area contributed by atoms with Crippen LogP contribution in [0.1, 0.15) is 31.2 Å². The number of nitrogens with zero attached hydrogens (tertiary/aromatic N) is 4. The number of imidazole rings is 1. The standard InChI is InChI=1S/C19H24N6O4/c1-2-11(10-6-4-3-5-7-10)22-19-23-16(20)13-17(24-19)25(9-21-13)18-15(28)14(27)12(8-26)29-18/h3-7,9,11-12,14-15,18,26-28H,2,8H2,1H3,(H3,20,22,23,24)/t11?,12-,14-,15-,18-/m1/s1. The van der Waals surface area contributed by atoms with Crippen molar-refractivity contribution in [1.29, 1.82) is 0 Å². The second-order valence-electron chi connectivity index (χ2n) is 7.00. The molecule has 10 heteroatoms. The van der Waals surface area contributed by atoms with Crippen LogP contribution in [0.3, 0.4) is 0 Å². The summed E-state index contributed by atoms with van der Waals surface area (Å²) >= 11 is 0. The van der Waals surface area contributed by atoms with Crippen LogP contribution in [0.4, 0.5) is 11.8 Å². The Kier molecular flexibility index (Phi) is 5.33. The zero-order valence-corrected chi connectivity index (χ0v) is 15.9. The molecule has 2 aromatic heterocycles. The Balaban J connectivity index is 1.68. The Hall–Kier alpha value is -2.79. The summed E-state index contributed by atoms with van der Waals surface area (Å²) in [6, 6.07) is 9.91. The number of aliphatic hydroxyl groups is 3. The highest BCUT2D eigenvalue weighted by Gasteiger charge is 2.44. The first-order chi connectivity index (χ1) is 14.0. The molecule has 3 aromatic rings. The number of hydrogen-bond acceptors (Lipinski definition) is 9. The van der Waals surface area contributed by atoms with Gasteiger partial charge in [-0.2, -0.15) is 9.97 Å². The van der Waals surface area contributed by atoms with E-state index in [-0.39, 0.29) is 11.9 Å². The van der Waals surface area contributed by atoms with Crippen LogP contribution in [0, 0.1) is 0 Å². The normalized spacial score (nSPS) is 25.4. The van der Waals surface area contributed by atoms with E-state index in [1.807, 2.05) is 30.3 Å². The lowest BCUT2D eigenvalue weighted by Crippen LogP contribution is -2.33. The molecule has 1 aliphatic rings.